The van der Waals surface area contributed by atoms with Crippen LogP contribution in [0.5, 0.6) is 0 Å². The Hall–Kier alpha value is -4.42. The van der Waals surface area contributed by atoms with E-state index in [4.69, 9.17) is 17.2 Å². The maximum atomic E-state index is 13.1. The number of aryl methyl sites for hydroxylation is 2. The van der Waals surface area contributed by atoms with Gasteiger partial charge in [0.25, 0.3) is 0 Å². The lowest BCUT2D eigenvalue weighted by atomic mass is 9.77. The smallest absolute Gasteiger partial charge is 0.220 e. The van der Waals surface area contributed by atoms with Crippen molar-refractivity contribution < 1.29 is 9.18 Å². The summed E-state index contributed by atoms with van der Waals surface area (Å²) in [6.07, 6.45) is 8.55. The fraction of sp³-hybridized carbons (Fsp3) is 0.216. The van der Waals surface area contributed by atoms with Crippen LogP contribution in [0.15, 0.2) is 128 Å². The van der Waals surface area contributed by atoms with Gasteiger partial charge < -0.3 is 9.88 Å². The number of carbonyl (C=O) groups excluding carboxylic acids is 1. The van der Waals surface area contributed by atoms with Crippen LogP contribution < -0.4 is 5.32 Å². The number of aromatic nitrogens is 2. The average molecular weight is 590 g/mol. The van der Waals surface area contributed by atoms with Gasteiger partial charge in [0.2, 0.25) is 5.91 Å². The van der Waals surface area contributed by atoms with E-state index in [9.17, 15) is 9.18 Å². The highest BCUT2D eigenvalue weighted by atomic mass is 32.1. The molecule has 218 valence electrons. The Kier molecular flexibility index (Phi) is 10.2. The van der Waals surface area contributed by atoms with Gasteiger partial charge in [-0.3, -0.25) is 4.79 Å². The summed E-state index contributed by atoms with van der Waals surface area (Å²) in [5, 5.41) is 2.92. The normalized spacial score (nSPS) is 11.3. The molecule has 0 saturated heterocycles. The molecule has 0 saturated carbocycles. The van der Waals surface area contributed by atoms with Crippen molar-refractivity contribution >= 4 is 23.0 Å². The fourth-order valence-electron chi connectivity index (χ4n) is 5.57. The molecule has 0 aliphatic heterocycles. The quantitative estimate of drug-likeness (QED) is 0.0821. The number of halogens is 1. The van der Waals surface area contributed by atoms with Gasteiger partial charge in [0.1, 0.15) is 11.4 Å². The van der Waals surface area contributed by atoms with Crippen molar-refractivity contribution in [2.45, 2.75) is 44.1 Å². The molecule has 0 fully saturated rings. The molecule has 5 aromatic rings. The van der Waals surface area contributed by atoms with Gasteiger partial charge in [-0.05, 0) is 66.5 Å². The van der Waals surface area contributed by atoms with E-state index in [0.717, 1.165) is 41.8 Å². The first-order valence-electron chi connectivity index (χ1n) is 14.8. The van der Waals surface area contributed by atoms with Crippen LogP contribution in [0.4, 0.5) is 4.39 Å². The predicted octanol–water partition coefficient (Wildman–Crippen LogP) is 7.69. The van der Waals surface area contributed by atoms with Crippen molar-refractivity contribution in [3.8, 4) is 0 Å². The third kappa shape index (κ3) is 7.51. The molecule has 0 unspecified atom stereocenters. The Morgan fingerprint density at radius 2 is 1.30 bits per heavy atom. The second-order valence-electron chi connectivity index (χ2n) is 10.7. The number of unbranched alkanes of at least 4 members (excludes halogenated alkanes) is 1. The lowest BCUT2D eigenvalue weighted by Gasteiger charge is -2.37. The minimum Gasteiger partial charge on any atom is -0.352 e. The number of carbonyl (C=O) groups is 1. The van der Waals surface area contributed by atoms with Crippen molar-refractivity contribution in [2.24, 2.45) is 0 Å². The number of imidazole rings is 1. The zero-order chi connectivity index (χ0) is 29.9. The van der Waals surface area contributed by atoms with E-state index in [1.807, 2.05) is 24.5 Å². The van der Waals surface area contributed by atoms with Gasteiger partial charge >= 0.3 is 0 Å². The van der Waals surface area contributed by atoms with Crippen LogP contribution in [0, 0.1) is 5.82 Å². The molecular formula is C37H36FN3OS. The van der Waals surface area contributed by atoms with Crippen LogP contribution >= 0.6 is 12.2 Å². The third-order valence-corrected chi connectivity index (χ3v) is 8.12. The second-order valence-corrected chi connectivity index (χ2v) is 11.3. The van der Waals surface area contributed by atoms with Crippen LogP contribution in [0.1, 0.15) is 53.6 Å². The highest BCUT2D eigenvalue weighted by Gasteiger charge is 2.38. The van der Waals surface area contributed by atoms with E-state index in [2.05, 4.69) is 88.9 Å². The molecule has 0 aliphatic carbocycles. The topological polar surface area (TPSA) is 46.9 Å². The molecule has 0 spiro atoms. The molecule has 1 aromatic heterocycles. The van der Waals surface area contributed by atoms with Crippen molar-refractivity contribution in [3.63, 3.8) is 0 Å². The Balaban J connectivity index is 1.19. The molecule has 0 aliphatic rings. The lowest BCUT2D eigenvalue weighted by molar-refractivity contribution is -0.120. The number of hydrogen-bond donors (Lipinski definition) is 1. The first-order valence-corrected chi connectivity index (χ1v) is 15.2. The van der Waals surface area contributed by atoms with E-state index in [1.54, 1.807) is 12.1 Å². The molecule has 4 aromatic carbocycles. The van der Waals surface area contributed by atoms with Gasteiger partial charge in [0.05, 0.1) is 12.0 Å². The van der Waals surface area contributed by atoms with Gasteiger partial charge in [-0.15, -0.1) is 0 Å². The number of rotatable bonds is 14. The molecule has 0 bridgehead atoms. The lowest BCUT2D eigenvalue weighted by Crippen LogP contribution is -2.36. The van der Waals surface area contributed by atoms with E-state index in [1.165, 1.54) is 28.8 Å². The summed E-state index contributed by atoms with van der Waals surface area (Å²) in [6, 6.07) is 38.0. The van der Waals surface area contributed by atoms with Crippen molar-refractivity contribution in [1.29, 1.82) is 0 Å². The molecule has 1 N–H and O–H groups in total. The van der Waals surface area contributed by atoms with Gasteiger partial charge in [-0.2, -0.15) is 0 Å². The first-order chi connectivity index (χ1) is 21.1. The van der Waals surface area contributed by atoms with Crippen LogP contribution in [0.3, 0.4) is 0 Å². The average Bonchev–Trinajstić information content (AvgIpc) is 3.53. The minimum absolute atomic E-state index is 0.0454. The zero-order valence-electron chi connectivity index (χ0n) is 24.2. The number of nitrogens with zero attached hydrogens (tertiary/aromatic N) is 2. The molecule has 5 rings (SSSR count). The van der Waals surface area contributed by atoms with Crippen LogP contribution in [0.2, 0.25) is 0 Å². The third-order valence-electron chi connectivity index (χ3n) is 7.77. The number of amides is 1. The fourth-order valence-corrected chi connectivity index (χ4v) is 5.79. The van der Waals surface area contributed by atoms with Crippen LogP contribution in [-0.4, -0.2) is 26.9 Å². The second kappa shape index (κ2) is 14.7. The largest absolute Gasteiger partial charge is 0.352 e. The number of hydrogen-bond acceptors (Lipinski definition) is 3. The molecule has 1 heterocycles. The predicted molar refractivity (Wildman–Crippen MR) is 175 cm³/mol. The molecule has 0 atom stereocenters. The maximum Gasteiger partial charge on any atom is 0.220 e. The van der Waals surface area contributed by atoms with Crippen molar-refractivity contribution in [3.05, 3.63) is 162 Å². The Morgan fingerprint density at radius 1 is 0.744 bits per heavy atom. The zero-order valence-corrected chi connectivity index (χ0v) is 25.0. The van der Waals surface area contributed by atoms with Gasteiger partial charge in [0.15, 0.2) is 0 Å². The standard InChI is InChI=1S/C37H36FN3OS/c38-33-23-20-29(21-24-33)22-25-36(42)39-26-35(43)19-11-10-18-34-27-41(28-40-34)37(30-12-4-1-5-13-30,31-14-6-2-7-15-31)32-16-8-3-9-17-32/h1-9,12-17,20-21,23-24,27-28H,10-11,18-19,22,25-26H2,(H,39,42). The van der Waals surface area contributed by atoms with E-state index >= 15 is 0 Å². The first kappa shape index (κ1) is 30.1. The summed E-state index contributed by atoms with van der Waals surface area (Å²) in [4.78, 5) is 17.9. The Bertz CT molecular complexity index is 1510. The molecule has 0 radical (unpaired) electrons. The van der Waals surface area contributed by atoms with Gasteiger partial charge in [-0.25, -0.2) is 9.37 Å². The summed E-state index contributed by atoms with van der Waals surface area (Å²) in [6.45, 7) is 0.403. The van der Waals surface area contributed by atoms with Crippen LogP contribution in [0.25, 0.3) is 0 Å². The van der Waals surface area contributed by atoms with Gasteiger partial charge in [0, 0.05) is 24.0 Å². The molecule has 43 heavy (non-hydrogen) atoms. The van der Waals surface area contributed by atoms with Crippen molar-refractivity contribution in [2.75, 3.05) is 6.54 Å². The molecule has 1 amide bonds. The van der Waals surface area contributed by atoms with E-state index in [-0.39, 0.29) is 11.7 Å². The summed E-state index contributed by atoms with van der Waals surface area (Å²) < 4.78 is 15.3. The summed E-state index contributed by atoms with van der Waals surface area (Å²) >= 11 is 5.53. The van der Waals surface area contributed by atoms with Gasteiger partial charge in [-0.1, -0.05) is 115 Å². The minimum atomic E-state index is -0.564. The SMILES string of the molecule is O=C(CCc1ccc(F)cc1)NCC(=S)CCCCc1cn(C(c2ccccc2)(c2ccccc2)c2ccccc2)cn1. The number of nitrogens with one attached hydrogen (secondary N) is 1. The Labute approximate surface area is 258 Å². The number of benzene rings is 4. The molecule has 4 nitrogen and oxygen atoms in total. The molecular weight excluding hydrogens is 553 g/mol. The van der Waals surface area contributed by atoms with Crippen molar-refractivity contribution in [1.82, 2.24) is 14.9 Å². The van der Waals surface area contributed by atoms with E-state index in [0.29, 0.717) is 19.4 Å². The maximum absolute atomic E-state index is 13.1. The highest BCUT2D eigenvalue weighted by Crippen LogP contribution is 2.40. The summed E-state index contributed by atoms with van der Waals surface area (Å²) in [5.74, 6) is -0.317. The molecule has 6 heteroatoms. The monoisotopic (exact) mass is 589 g/mol. The summed E-state index contributed by atoms with van der Waals surface area (Å²) in [5.41, 5.74) is 4.91. The van der Waals surface area contributed by atoms with E-state index < -0.39 is 5.54 Å². The van der Waals surface area contributed by atoms with Crippen LogP contribution in [-0.2, 0) is 23.2 Å². The summed E-state index contributed by atoms with van der Waals surface area (Å²) in [7, 11) is 0. The number of thiocarbonyl (C=S) groups is 1. The highest BCUT2D eigenvalue weighted by molar-refractivity contribution is 7.80. The Morgan fingerprint density at radius 3 is 1.86 bits per heavy atom.